The van der Waals surface area contributed by atoms with Gasteiger partial charge in [0.25, 0.3) is 0 Å². The van der Waals surface area contributed by atoms with E-state index in [-0.39, 0.29) is 31.1 Å². The summed E-state index contributed by atoms with van der Waals surface area (Å²) in [5.41, 5.74) is 0. The highest BCUT2D eigenvalue weighted by Gasteiger charge is 2.19. The summed E-state index contributed by atoms with van der Waals surface area (Å²) >= 11 is 0. The van der Waals surface area contributed by atoms with Gasteiger partial charge in [0.05, 0.1) is 0 Å². The van der Waals surface area contributed by atoms with Crippen molar-refractivity contribution >= 4 is 17.9 Å². The van der Waals surface area contributed by atoms with Gasteiger partial charge in [-0.25, -0.2) is 0 Å². The molecular weight excluding hydrogens is 877 g/mol. The molecule has 0 N–H and O–H groups in total. The van der Waals surface area contributed by atoms with Gasteiger partial charge in [-0.1, -0.05) is 301 Å². The van der Waals surface area contributed by atoms with Crippen molar-refractivity contribution < 1.29 is 28.6 Å². The molecular formula is C65H118O6. The Morgan fingerprint density at radius 3 is 0.859 bits per heavy atom. The molecule has 6 nitrogen and oxygen atoms in total. The SMILES string of the molecule is CC/C=C\C/C=C\C/C=C\C/C=C\CCCCCCCCCCC(=O)OC(COC(=O)CCCCCCCCCC)COC(=O)CCCCCCCCCCCCCCCCCCCCCCCCCC. The summed E-state index contributed by atoms with van der Waals surface area (Å²) in [5, 5.41) is 0. The van der Waals surface area contributed by atoms with E-state index in [0.717, 1.165) is 89.9 Å². The zero-order valence-electron chi connectivity index (χ0n) is 47.5. The summed E-state index contributed by atoms with van der Waals surface area (Å²) in [5.74, 6) is -0.866. The molecule has 0 saturated heterocycles. The molecule has 0 fully saturated rings. The summed E-state index contributed by atoms with van der Waals surface area (Å²) in [6.07, 6.45) is 74.2. The summed E-state index contributed by atoms with van der Waals surface area (Å²) < 4.78 is 16.9. The van der Waals surface area contributed by atoms with E-state index in [2.05, 4.69) is 69.4 Å². The Kier molecular flexibility index (Phi) is 57.7. The van der Waals surface area contributed by atoms with Crippen LogP contribution in [0.4, 0.5) is 0 Å². The number of ether oxygens (including phenoxy) is 3. The number of hydrogen-bond donors (Lipinski definition) is 0. The van der Waals surface area contributed by atoms with Crippen molar-refractivity contribution in [2.24, 2.45) is 0 Å². The standard InChI is InChI=1S/C65H118O6/c1-4-7-10-13-16-19-21-23-25-27-29-31-32-33-35-36-38-40-42-44-46-49-52-55-58-64(67)70-61-62(60-69-63(66)57-54-51-48-18-15-12-9-6-3)71-65(68)59-56-53-50-47-45-43-41-39-37-34-30-28-26-24-22-20-17-14-11-8-5-2/h8,11,17,20,24,26,30,34,62H,4-7,9-10,12-16,18-19,21-23,25,27-29,31-33,35-61H2,1-3H3/b11-8-,20-17-,26-24-,34-30-. The lowest BCUT2D eigenvalue weighted by atomic mass is 10.0. The quantitative estimate of drug-likeness (QED) is 0.0261. The predicted octanol–water partition coefficient (Wildman–Crippen LogP) is 21.0. The van der Waals surface area contributed by atoms with Crippen molar-refractivity contribution in [3.05, 3.63) is 48.6 Å². The molecule has 1 atom stereocenters. The van der Waals surface area contributed by atoms with Crippen LogP contribution in [-0.2, 0) is 28.6 Å². The number of allylic oxidation sites excluding steroid dienone is 8. The van der Waals surface area contributed by atoms with E-state index in [4.69, 9.17) is 14.2 Å². The molecule has 0 bridgehead atoms. The van der Waals surface area contributed by atoms with Crippen molar-refractivity contribution in [1.82, 2.24) is 0 Å². The lowest BCUT2D eigenvalue weighted by Crippen LogP contribution is -2.30. The second kappa shape index (κ2) is 59.9. The van der Waals surface area contributed by atoms with E-state index in [1.165, 1.54) is 199 Å². The minimum atomic E-state index is -0.773. The first-order valence-electron chi connectivity index (χ1n) is 31.1. The van der Waals surface area contributed by atoms with E-state index in [1.54, 1.807) is 0 Å². The summed E-state index contributed by atoms with van der Waals surface area (Å²) in [6.45, 7) is 6.54. The lowest BCUT2D eigenvalue weighted by Gasteiger charge is -2.18. The van der Waals surface area contributed by atoms with Gasteiger partial charge in [0.2, 0.25) is 0 Å². The molecule has 0 heterocycles. The van der Waals surface area contributed by atoms with Gasteiger partial charge >= 0.3 is 17.9 Å². The average molecular weight is 996 g/mol. The van der Waals surface area contributed by atoms with Crippen LogP contribution in [0.3, 0.4) is 0 Å². The Hall–Kier alpha value is -2.63. The molecule has 0 aliphatic carbocycles. The molecule has 0 aromatic rings. The normalized spacial score (nSPS) is 12.3. The van der Waals surface area contributed by atoms with Crippen LogP contribution in [0.15, 0.2) is 48.6 Å². The molecule has 0 saturated carbocycles. The van der Waals surface area contributed by atoms with Gasteiger partial charge in [-0.2, -0.15) is 0 Å². The fourth-order valence-corrected chi connectivity index (χ4v) is 9.20. The summed E-state index contributed by atoms with van der Waals surface area (Å²) in [4.78, 5) is 38.1. The largest absolute Gasteiger partial charge is 0.462 e. The Labute approximate surface area is 441 Å². The highest BCUT2D eigenvalue weighted by atomic mass is 16.6. The number of rotatable bonds is 57. The fourth-order valence-electron chi connectivity index (χ4n) is 9.20. The van der Waals surface area contributed by atoms with Gasteiger partial charge in [0.15, 0.2) is 6.10 Å². The van der Waals surface area contributed by atoms with Crippen molar-refractivity contribution in [3.63, 3.8) is 0 Å². The molecule has 0 aliphatic heterocycles. The van der Waals surface area contributed by atoms with Crippen LogP contribution in [0.2, 0.25) is 0 Å². The third-order valence-corrected chi connectivity index (χ3v) is 13.8. The second-order valence-electron chi connectivity index (χ2n) is 21.0. The van der Waals surface area contributed by atoms with Crippen LogP contribution < -0.4 is 0 Å². The van der Waals surface area contributed by atoms with Crippen LogP contribution >= 0.6 is 0 Å². The molecule has 0 rings (SSSR count). The Morgan fingerprint density at radius 2 is 0.549 bits per heavy atom. The van der Waals surface area contributed by atoms with Crippen LogP contribution in [0.25, 0.3) is 0 Å². The third-order valence-electron chi connectivity index (χ3n) is 13.8. The van der Waals surface area contributed by atoms with E-state index in [1.807, 2.05) is 0 Å². The molecule has 0 radical (unpaired) electrons. The summed E-state index contributed by atoms with van der Waals surface area (Å²) in [6, 6.07) is 0. The molecule has 0 aromatic carbocycles. The van der Waals surface area contributed by atoms with Gasteiger partial charge in [-0.15, -0.1) is 0 Å². The maximum absolute atomic E-state index is 12.9. The Morgan fingerprint density at radius 1 is 0.296 bits per heavy atom. The van der Waals surface area contributed by atoms with E-state index in [0.29, 0.717) is 19.3 Å². The number of unbranched alkanes of at least 4 members (excludes halogenated alkanes) is 38. The first kappa shape index (κ1) is 68.4. The molecule has 414 valence electrons. The van der Waals surface area contributed by atoms with E-state index < -0.39 is 6.10 Å². The highest BCUT2D eigenvalue weighted by molar-refractivity contribution is 5.71. The lowest BCUT2D eigenvalue weighted by molar-refractivity contribution is -0.167. The summed E-state index contributed by atoms with van der Waals surface area (Å²) in [7, 11) is 0. The zero-order valence-corrected chi connectivity index (χ0v) is 47.5. The van der Waals surface area contributed by atoms with Gasteiger partial charge in [-0.05, 0) is 57.8 Å². The van der Waals surface area contributed by atoms with Gasteiger partial charge in [0.1, 0.15) is 13.2 Å². The van der Waals surface area contributed by atoms with Crippen molar-refractivity contribution in [2.45, 2.75) is 335 Å². The van der Waals surface area contributed by atoms with Crippen molar-refractivity contribution in [3.8, 4) is 0 Å². The van der Waals surface area contributed by atoms with Gasteiger partial charge in [0, 0.05) is 19.3 Å². The molecule has 0 spiro atoms. The third kappa shape index (κ3) is 58.1. The van der Waals surface area contributed by atoms with Crippen molar-refractivity contribution in [2.75, 3.05) is 13.2 Å². The minimum Gasteiger partial charge on any atom is -0.462 e. The van der Waals surface area contributed by atoms with Crippen LogP contribution in [0.1, 0.15) is 329 Å². The Balaban J connectivity index is 4.15. The molecule has 0 aromatic heterocycles. The number of carbonyl (C=O) groups excluding carboxylic acids is 3. The minimum absolute atomic E-state index is 0.0721. The van der Waals surface area contributed by atoms with Crippen LogP contribution in [0.5, 0.6) is 0 Å². The molecule has 6 heteroatoms. The average Bonchev–Trinajstić information content (AvgIpc) is 3.37. The smallest absolute Gasteiger partial charge is 0.306 e. The first-order chi connectivity index (χ1) is 35.0. The van der Waals surface area contributed by atoms with Crippen LogP contribution in [0, 0.1) is 0 Å². The molecule has 0 amide bonds. The van der Waals surface area contributed by atoms with Gasteiger partial charge in [-0.3, -0.25) is 14.4 Å². The van der Waals surface area contributed by atoms with Gasteiger partial charge < -0.3 is 14.2 Å². The van der Waals surface area contributed by atoms with E-state index in [9.17, 15) is 14.4 Å². The maximum atomic E-state index is 12.9. The highest BCUT2D eigenvalue weighted by Crippen LogP contribution is 2.17. The molecule has 1 unspecified atom stereocenters. The fraction of sp³-hybridized carbons (Fsp3) is 0.831. The Bertz CT molecular complexity index is 1230. The molecule has 71 heavy (non-hydrogen) atoms. The van der Waals surface area contributed by atoms with Crippen LogP contribution in [-0.4, -0.2) is 37.2 Å². The van der Waals surface area contributed by atoms with E-state index >= 15 is 0 Å². The van der Waals surface area contributed by atoms with Crippen molar-refractivity contribution in [1.29, 1.82) is 0 Å². The predicted molar refractivity (Wildman–Crippen MR) is 307 cm³/mol. The second-order valence-corrected chi connectivity index (χ2v) is 21.0. The number of esters is 3. The molecule has 0 aliphatic rings. The first-order valence-corrected chi connectivity index (χ1v) is 31.1. The monoisotopic (exact) mass is 995 g/mol. The number of carbonyl (C=O) groups is 3. The zero-order chi connectivity index (χ0) is 51.4. The topological polar surface area (TPSA) is 78.9 Å². The maximum Gasteiger partial charge on any atom is 0.306 e. The number of hydrogen-bond acceptors (Lipinski definition) is 6.